The average Bonchev–Trinajstić information content (AvgIpc) is 3.30. The van der Waals surface area contributed by atoms with Gasteiger partial charge in [0, 0.05) is 6.54 Å². The van der Waals surface area contributed by atoms with Gasteiger partial charge in [-0.1, -0.05) is 12.1 Å². The van der Waals surface area contributed by atoms with Crippen molar-refractivity contribution in [2.45, 2.75) is 18.9 Å². The molecule has 1 aliphatic rings. The Morgan fingerprint density at radius 2 is 1.96 bits per heavy atom. The predicted molar refractivity (Wildman–Crippen MR) is 96.4 cm³/mol. The molecule has 3 rings (SSSR count). The quantitative estimate of drug-likeness (QED) is 0.840. The lowest BCUT2D eigenvalue weighted by atomic mass is 10.0. The molecule has 0 unspecified atom stereocenters. The Balaban J connectivity index is 1.74. The summed E-state index contributed by atoms with van der Waals surface area (Å²) >= 11 is 1.25. The van der Waals surface area contributed by atoms with Crippen LogP contribution in [0.1, 0.15) is 34.1 Å². The monoisotopic (exact) mass is 360 g/mol. The topological polar surface area (TPSA) is 67.9 Å². The minimum atomic E-state index is -0.446. The van der Waals surface area contributed by atoms with Crippen LogP contribution in [0.4, 0.5) is 10.5 Å². The van der Waals surface area contributed by atoms with Gasteiger partial charge < -0.3 is 19.7 Å². The third-order valence-electron chi connectivity index (χ3n) is 4.29. The van der Waals surface area contributed by atoms with Gasteiger partial charge in [-0.2, -0.15) is 0 Å². The Kier molecular flexibility index (Phi) is 5.23. The van der Waals surface area contributed by atoms with Crippen LogP contribution in [0, 0.1) is 0 Å². The second kappa shape index (κ2) is 7.57. The molecular formula is C18H20N2O4S. The van der Waals surface area contributed by atoms with Gasteiger partial charge in [0.25, 0.3) is 0 Å². The zero-order valence-electron chi connectivity index (χ0n) is 14.2. The molecule has 132 valence electrons. The lowest BCUT2D eigenvalue weighted by Gasteiger charge is -2.25. The molecule has 1 atom stereocenters. The highest BCUT2D eigenvalue weighted by atomic mass is 32.1. The van der Waals surface area contributed by atoms with Gasteiger partial charge in [-0.3, -0.25) is 0 Å². The number of nitrogens with zero attached hydrogens (tertiary/aromatic N) is 1. The van der Waals surface area contributed by atoms with Crippen molar-refractivity contribution in [1.82, 2.24) is 4.90 Å². The molecule has 2 aromatic rings. The summed E-state index contributed by atoms with van der Waals surface area (Å²) < 4.78 is 9.94. The predicted octanol–water partition coefficient (Wildman–Crippen LogP) is 3.91. The van der Waals surface area contributed by atoms with E-state index in [0.717, 1.165) is 24.2 Å². The second-order valence-electron chi connectivity index (χ2n) is 5.71. The van der Waals surface area contributed by atoms with Crippen molar-refractivity contribution in [2.75, 3.05) is 26.1 Å². The van der Waals surface area contributed by atoms with E-state index >= 15 is 0 Å². The molecule has 1 aromatic heterocycles. The van der Waals surface area contributed by atoms with Crippen molar-refractivity contribution in [3.8, 4) is 5.75 Å². The van der Waals surface area contributed by atoms with Crippen LogP contribution < -0.4 is 10.1 Å². The second-order valence-corrected chi connectivity index (χ2v) is 6.63. The summed E-state index contributed by atoms with van der Waals surface area (Å²) in [5.41, 5.74) is 1.56. The summed E-state index contributed by atoms with van der Waals surface area (Å²) in [5, 5.41) is 4.60. The summed E-state index contributed by atoms with van der Waals surface area (Å²) in [5.74, 6) is 0.345. The summed E-state index contributed by atoms with van der Waals surface area (Å²) in [7, 11) is 2.96. The number of rotatable bonds is 4. The van der Waals surface area contributed by atoms with E-state index in [2.05, 4.69) is 5.32 Å². The van der Waals surface area contributed by atoms with Crippen LogP contribution in [0.2, 0.25) is 0 Å². The number of methoxy groups -OCH3 is 2. The van der Waals surface area contributed by atoms with E-state index in [0.29, 0.717) is 17.1 Å². The normalized spacial score (nSPS) is 16.6. The molecule has 0 aliphatic carbocycles. The van der Waals surface area contributed by atoms with Crippen molar-refractivity contribution in [3.63, 3.8) is 0 Å². The Morgan fingerprint density at radius 3 is 2.64 bits per heavy atom. The van der Waals surface area contributed by atoms with E-state index in [1.807, 2.05) is 24.3 Å². The number of likely N-dealkylation sites (tertiary alicyclic amines) is 1. The van der Waals surface area contributed by atoms with E-state index in [4.69, 9.17) is 9.47 Å². The maximum absolute atomic E-state index is 12.7. The molecule has 1 N–H and O–H groups in total. The van der Waals surface area contributed by atoms with E-state index in [-0.39, 0.29) is 12.1 Å². The van der Waals surface area contributed by atoms with Gasteiger partial charge in [0.1, 0.15) is 10.6 Å². The molecule has 2 amide bonds. The maximum Gasteiger partial charge on any atom is 0.350 e. The molecule has 0 spiro atoms. The fourth-order valence-electron chi connectivity index (χ4n) is 3.03. The largest absolute Gasteiger partial charge is 0.497 e. The van der Waals surface area contributed by atoms with E-state index in [1.54, 1.807) is 23.5 Å². The minimum Gasteiger partial charge on any atom is -0.497 e. The average molecular weight is 360 g/mol. The summed E-state index contributed by atoms with van der Waals surface area (Å²) in [6.45, 7) is 0.681. The molecule has 1 saturated heterocycles. The number of carbonyl (C=O) groups is 2. The lowest BCUT2D eigenvalue weighted by molar-refractivity contribution is 0.0607. The van der Waals surface area contributed by atoms with Crippen molar-refractivity contribution >= 4 is 29.0 Å². The number of carbonyl (C=O) groups excluding carboxylic acids is 2. The number of esters is 1. The molecule has 7 heteroatoms. The van der Waals surface area contributed by atoms with Crippen LogP contribution >= 0.6 is 11.3 Å². The third-order valence-corrected chi connectivity index (χ3v) is 5.19. The molecule has 0 saturated carbocycles. The molecule has 2 heterocycles. The first-order chi connectivity index (χ1) is 12.1. The Bertz CT molecular complexity index is 757. The molecule has 0 radical (unpaired) electrons. The number of ether oxygens (including phenoxy) is 2. The Morgan fingerprint density at radius 1 is 1.20 bits per heavy atom. The molecule has 1 aromatic carbocycles. The number of hydrogen-bond acceptors (Lipinski definition) is 5. The van der Waals surface area contributed by atoms with Crippen molar-refractivity contribution in [2.24, 2.45) is 0 Å². The summed E-state index contributed by atoms with van der Waals surface area (Å²) in [6.07, 6.45) is 1.85. The number of urea groups is 1. The van der Waals surface area contributed by atoms with Crippen molar-refractivity contribution < 1.29 is 19.1 Å². The van der Waals surface area contributed by atoms with Gasteiger partial charge in [0.2, 0.25) is 0 Å². The SMILES string of the molecule is COC(=O)c1sccc1NC(=O)N1CCC[C@H]1c1ccc(OC)cc1. The van der Waals surface area contributed by atoms with Crippen LogP contribution in [-0.4, -0.2) is 37.7 Å². The van der Waals surface area contributed by atoms with Crippen LogP contribution in [0.3, 0.4) is 0 Å². The van der Waals surface area contributed by atoms with E-state index in [1.165, 1.54) is 18.4 Å². The number of thiophene rings is 1. The number of amides is 2. The summed E-state index contributed by atoms with van der Waals surface area (Å²) in [4.78, 5) is 26.7. The van der Waals surface area contributed by atoms with Gasteiger partial charge in [0.05, 0.1) is 25.9 Å². The standard InChI is InChI=1S/C18H20N2O4S/c1-23-13-7-5-12(6-8-13)15-4-3-10-20(15)18(22)19-14-9-11-25-16(14)17(21)24-2/h5-9,11,15H,3-4,10H2,1-2H3,(H,19,22)/t15-/m0/s1. The fourth-order valence-corrected chi connectivity index (χ4v) is 3.79. The number of nitrogens with one attached hydrogen (secondary N) is 1. The van der Waals surface area contributed by atoms with E-state index < -0.39 is 5.97 Å². The first kappa shape index (κ1) is 17.3. The third kappa shape index (κ3) is 3.61. The number of anilines is 1. The minimum absolute atomic E-state index is 0.0196. The maximum atomic E-state index is 12.7. The summed E-state index contributed by atoms with van der Waals surface area (Å²) in [6, 6.07) is 9.30. The number of benzene rings is 1. The van der Waals surface area contributed by atoms with Crippen LogP contribution in [0.15, 0.2) is 35.7 Å². The van der Waals surface area contributed by atoms with Crippen LogP contribution in [0.25, 0.3) is 0 Å². The Labute approximate surface area is 150 Å². The van der Waals surface area contributed by atoms with Gasteiger partial charge in [-0.25, -0.2) is 9.59 Å². The van der Waals surface area contributed by atoms with Crippen molar-refractivity contribution in [3.05, 3.63) is 46.2 Å². The molecular weight excluding hydrogens is 340 g/mol. The van der Waals surface area contributed by atoms with Crippen LogP contribution in [-0.2, 0) is 4.74 Å². The fraction of sp³-hybridized carbons (Fsp3) is 0.333. The van der Waals surface area contributed by atoms with Gasteiger partial charge in [-0.15, -0.1) is 11.3 Å². The zero-order valence-corrected chi connectivity index (χ0v) is 15.0. The van der Waals surface area contributed by atoms with Gasteiger partial charge in [0.15, 0.2) is 0 Å². The smallest absolute Gasteiger partial charge is 0.350 e. The molecule has 6 nitrogen and oxygen atoms in total. The number of hydrogen-bond donors (Lipinski definition) is 1. The molecule has 0 bridgehead atoms. The lowest BCUT2D eigenvalue weighted by Crippen LogP contribution is -2.34. The first-order valence-corrected chi connectivity index (χ1v) is 8.89. The van der Waals surface area contributed by atoms with Gasteiger partial charge in [-0.05, 0) is 42.0 Å². The highest BCUT2D eigenvalue weighted by Crippen LogP contribution is 2.34. The highest BCUT2D eigenvalue weighted by Gasteiger charge is 2.30. The zero-order chi connectivity index (χ0) is 17.8. The van der Waals surface area contributed by atoms with E-state index in [9.17, 15) is 9.59 Å². The molecule has 1 fully saturated rings. The molecule has 1 aliphatic heterocycles. The van der Waals surface area contributed by atoms with Crippen molar-refractivity contribution in [1.29, 1.82) is 0 Å². The van der Waals surface area contributed by atoms with Crippen LogP contribution in [0.5, 0.6) is 5.75 Å². The molecule has 25 heavy (non-hydrogen) atoms. The first-order valence-electron chi connectivity index (χ1n) is 8.01. The highest BCUT2D eigenvalue weighted by molar-refractivity contribution is 7.12. The Hall–Kier alpha value is -2.54. The van der Waals surface area contributed by atoms with Gasteiger partial charge >= 0.3 is 12.0 Å².